The molecule has 0 saturated carbocycles. The summed E-state index contributed by atoms with van der Waals surface area (Å²) in [6.07, 6.45) is 3.92. The van der Waals surface area contributed by atoms with Crippen LogP contribution in [0.1, 0.15) is 68.1 Å². The van der Waals surface area contributed by atoms with Crippen molar-refractivity contribution in [2.24, 2.45) is 5.41 Å². The largest absolute Gasteiger partial charge is 0.494 e. The van der Waals surface area contributed by atoms with Crippen LogP contribution in [-0.4, -0.2) is 49.7 Å². The van der Waals surface area contributed by atoms with Gasteiger partial charge in [-0.2, -0.15) is 0 Å². The molecule has 0 N–H and O–H groups in total. The first-order chi connectivity index (χ1) is 28.5. The van der Waals surface area contributed by atoms with E-state index in [-0.39, 0.29) is 42.3 Å². The monoisotopic (exact) mass is 814 g/mol. The number of esters is 5. The van der Waals surface area contributed by atoms with Gasteiger partial charge in [-0.05, 0) is 123 Å². The van der Waals surface area contributed by atoms with Gasteiger partial charge >= 0.3 is 29.8 Å². The van der Waals surface area contributed by atoms with Gasteiger partial charge in [-0.15, -0.1) is 0 Å². The van der Waals surface area contributed by atoms with E-state index in [9.17, 15) is 24.0 Å². The van der Waals surface area contributed by atoms with Crippen LogP contribution >= 0.6 is 0 Å². The quantitative estimate of drug-likeness (QED) is 0.0508. The van der Waals surface area contributed by atoms with E-state index in [1.165, 1.54) is 12.1 Å². The Hall–Kier alpha value is -7.01. The Balaban J connectivity index is 1.29. The molecule has 0 aliphatic rings. The van der Waals surface area contributed by atoms with Crippen molar-refractivity contribution in [3.63, 3.8) is 0 Å². The molecule has 11 heteroatoms. The standard InChI is InChI=1S/C49H50O11/c1-10-36-28-41(58-47(53)33(6)7)20-22-42(36)48(54)59-40-21-23-43(34(8)27-40)60-44(50)24-13-35-11-14-37(15-12-35)38-16-18-39(19-17-38)55-26-25-49(9,29-56-45(51)31(2)3)30-57-46(52)32(4)5/h11-24,27-28H,2,4,6,10,25-26,29-30H2,1,3,5,7-9H3/b24-13+. The minimum atomic E-state index is -0.700. The van der Waals surface area contributed by atoms with E-state index in [2.05, 4.69) is 19.7 Å². The fourth-order valence-corrected chi connectivity index (χ4v) is 5.45. The molecule has 4 rings (SSSR count). The summed E-state index contributed by atoms with van der Waals surface area (Å²) in [5.74, 6) is -1.23. The maximum absolute atomic E-state index is 13.0. The second kappa shape index (κ2) is 21.1. The van der Waals surface area contributed by atoms with Gasteiger partial charge in [0.1, 0.15) is 36.2 Å². The molecule has 0 aliphatic heterocycles. The molecule has 0 saturated heterocycles. The highest BCUT2D eigenvalue weighted by Crippen LogP contribution is 2.28. The van der Waals surface area contributed by atoms with Crippen molar-refractivity contribution < 1.29 is 52.4 Å². The van der Waals surface area contributed by atoms with Crippen molar-refractivity contribution in [1.29, 1.82) is 0 Å². The second-order valence-corrected chi connectivity index (χ2v) is 14.7. The second-order valence-electron chi connectivity index (χ2n) is 14.7. The first kappa shape index (κ1) is 45.7. The molecule has 0 aromatic heterocycles. The minimum Gasteiger partial charge on any atom is -0.494 e. The number of carbonyl (C=O) groups is 5. The number of aryl methyl sites for hydroxylation is 2. The highest BCUT2D eigenvalue weighted by molar-refractivity contribution is 5.94. The zero-order chi connectivity index (χ0) is 44.0. The topological polar surface area (TPSA) is 141 Å². The molecule has 0 unspecified atom stereocenters. The van der Waals surface area contributed by atoms with E-state index in [0.29, 0.717) is 46.8 Å². The minimum absolute atomic E-state index is 0.0170. The van der Waals surface area contributed by atoms with E-state index < -0.39 is 35.3 Å². The van der Waals surface area contributed by atoms with Gasteiger partial charge in [0.25, 0.3) is 0 Å². The summed E-state index contributed by atoms with van der Waals surface area (Å²) in [5.41, 5.74) is 4.37. The summed E-state index contributed by atoms with van der Waals surface area (Å²) < 4.78 is 33.2. The van der Waals surface area contributed by atoms with Crippen molar-refractivity contribution in [3.05, 3.63) is 150 Å². The molecule has 312 valence electrons. The predicted octanol–water partition coefficient (Wildman–Crippen LogP) is 9.56. The van der Waals surface area contributed by atoms with Crippen molar-refractivity contribution in [2.75, 3.05) is 19.8 Å². The summed E-state index contributed by atoms with van der Waals surface area (Å²) in [5, 5.41) is 0. The average molecular weight is 815 g/mol. The Kier molecular flexibility index (Phi) is 16.1. The Labute approximate surface area is 350 Å². The summed E-state index contributed by atoms with van der Waals surface area (Å²) in [4.78, 5) is 61.7. The van der Waals surface area contributed by atoms with Gasteiger partial charge in [0, 0.05) is 28.2 Å². The SMILES string of the molecule is C=C(C)C(=O)OCC(C)(CCOc1ccc(-c2ccc(/C=C/C(=O)Oc3ccc(OC(=O)c4ccc(OC(=O)C(=C)C)cc4CC)cc3C)cc2)cc1)COC(=O)C(=C)C. The van der Waals surface area contributed by atoms with Crippen molar-refractivity contribution in [2.45, 2.75) is 54.4 Å². The number of rotatable bonds is 19. The molecule has 4 aromatic carbocycles. The smallest absolute Gasteiger partial charge is 0.343 e. The Morgan fingerprint density at radius 3 is 1.73 bits per heavy atom. The molecule has 0 bridgehead atoms. The van der Waals surface area contributed by atoms with Crippen LogP contribution in [0.4, 0.5) is 0 Å². The van der Waals surface area contributed by atoms with E-state index in [1.54, 1.807) is 64.1 Å². The van der Waals surface area contributed by atoms with Crippen LogP contribution in [0.2, 0.25) is 0 Å². The van der Waals surface area contributed by atoms with Crippen LogP contribution in [-0.2, 0) is 35.1 Å². The molecule has 0 spiro atoms. The molecule has 0 atom stereocenters. The number of hydrogen-bond donors (Lipinski definition) is 0. The van der Waals surface area contributed by atoms with Crippen LogP contribution < -0.4 is 18.9 Å². The third-order valence-corrected chi connectivity index (χ3v) is 9.09. The van der Waals surface area contributed by atoms with Gasteiger partial charge in [0.15, 0.2) is 0 Å². The van der Waals surface area contributed by atoms with Gasteiger partial charge in [0.05, 0.1) is 12.2 Å². The summed E-state index contributed by atoms with van der Waals surface area (Å²) >= 11 is 0. The molecule has 0 amide bonds. The average Bonchev–Trinajstić information content (AvgIpc) is 3.22. The molecule has 0 radical (unpaired) electrons. The van der Waals surface area contributed by atoms with Gasteiger partial charge in [-0.3, -0.25) is 0 Å². The van der Waals surface area contributed by atoms with Crippen LogP contribution in [0.25, 0.3) is 17.2 Å². The Bertz CT molecular complexity index is 2270. The number of hydrogen-bond acceptors (Lipinski definition) is 11. The predicted molar refractivity (Wildman–Crippen MR) is 229 cm³/mol. The van der Waals surface area contributed by atoms with Gasteiger partial charge in [0.2, 0.25) is 0 Å². The lowest BCUT2D eigenvalue weighted by Gasteiger charge is -2.28. The van der Waals surface area contributed by atoms with E-state index in [1.807, 2.05) is 62.4 Å². The highest BCUT2D eigenvalue weighted by Gasteiger charge is 2.29. The summed E-state index contributed by atoms with van der Waals surface area (Å²) in [7, 11) is 0. The van der Waals surface area contributed by atoms with Crippen LogP contribution in [0.5, 0.6) is 23.0 Å². The van der Waals surface area contributed by atoms with Crippen LogP contribution in [0.3, 0.4) is 0 Å². The van der Waals surface area contributed by atoms with Gasteiger partial charge in [-0.25, -0.2) is 24.0 Å². The number of carbonyl (C=O) groups excluding carboxylic acids is 5. The zero-order valence-electron chi connectivity index (χ0n) is 34.9. The summed E-state index contributed by atoms with van der Waals surface area (Å²) in [6, 6.07) is 24.6. The van der Waals surface area contributed by atoms with Crippen molar-refractivity contribution >= 4 is 35.9 Å². The van der Waals surface area contributed by atoms with Crippen LogP contribution in [0, 0.1) is 12.3 Å². The fraction of sp³-hybridized carbons (Fsp3) is 0.245. The lowest BCUT2D eigenvalue weighted by Crippen LogP contribution is -2.33. The van der Waals surface area contributed by atoms with Crippen LogP contribution in [0.15, 0.2) is 127 Å². The molecule has 60 heavy (non-hydrogen) atoms. The molecular weight excluding hydrogens is 765 g/mol. The van der Waals surface area contributed by atoms with Gasteiger partial charge < -0.3 is 28.4 Å². The first-order valence-electron chi connectivity index (χ1n) is 19.2. The Morgan fingerprint density at radius 2 is 1.18 bits per heavy atom. The maximum atomic E-state index is 13.0. The molecule has 4 aromatic rings. The third-order valence-electron chi connectivity index (χ3n) is 9.09. The maximum Gasteiger partial charge on any atom is 0.343 e. The zero-order valence-corrected chi connectivity index (χ0v) is 34.9. The molecule has 0 heterocycles. The summed E-state index contributed by atoms with van der Waals surface area (Å²) in [6.45, 7) is 21.2. The van der Waals surface area contributed by atoms with Crippen molar-refractivity contribution in [3.8, 4) is 34.1 Å². The van der Waals surface area contributed by atoms with Crippen molar-refractivity contribution in [1.82, 2.24) is 0 Å². The third kappa shape index (κ3) is 13.5. The lowest BCUT2D eigenvalue weighted by atomic mass is 9.89. The number of benzene rings is 4. The normalized spacial score (nSPS) is 11.0. The lowest BCUT2D eigenvalue weighted by molar-refractivity contribution is -0.149. The van der Waals surface area contributed by atoms with Gasteiger partial charge in [-0.1, -0.05) is 70.0 Å². The molecule has 11 nitrogen and oxygen atoms in total. The Morgan fingerprint density at radius 1 is 0.650 bits per heavy atom. The fourth-order valence-electron chi connectivity index (χ4n) is 5.45. The molecule has 0 aliphatic carbocycles. The first-order valence-corrected chi connectivity index (χ1v) is 19.2. The highest BCUT2D eigenvalue weighted by atomic mass is 16.6. The van der Waals surface area contributed by atoms with E-state index >= 15 is 0 Å². The van der Waals surface area contributed by atoms with E-state index in [4.69, 9.17) is 28.4 Å². The van der Waals surface area contributed by atoms with E-state index in [0.717, 1.165) is 16.7 Å². The molecular formula is C49H50O11. The number of ether oxygens (including phenoxy) is 6. The molecule has 0 fully saturated rings.